The molecule has 19 heavy (non-hydrogen) atoms. The molecule has 0 amide bonds. The summed E-state index contributed by atoms with van der Waals surface area (Å²) in [6.07, 6.45) is 4.59. The van der Waals surface area contributed by atoms with Gasteiger partial charge in [-0.1, -0.05) is 23.7 Å². The van der Waals surface area contributed by atoms with Gasteiger partial charge in [0.1, 0.15) is 5.15 Å². The zero-order chi connectivity index (χ0) is 12.1. The van der Waals surface area contributed by atoms with Crippen LogP contribution in [0.4, 0.5) is 0 Å². The van der Waals surface area contributed by atoms with Crippen molar-refractivity contribution in [2.75, 3.05) is 26.2 Å². The van der Waals surface area contributed by atoms with Crippen molar-refractivity contribution < 1.29 is 0 Å². The first-order valence-electron chi connectivity index (χ1n) is 5.99. The van der Waals surface area contributed by atoms with Gasteiger partial charge in [0, 0.05) is 44.0 Å². The van der Waals surface area contributed by atoms with E-state index < -0.39 is 0 Å². The smallest absolute Gasteiger partial charge is 0.133 e. The second-order valence-corrected chi connectivity index (χ2v) is 4.57. The summed E-state index contributed by atoms with van der Waals surface area (Å²) in [5.41, 5.74) is 1.11. The number of nitrogens with one attached hydrogen (secondary N) is 1. The van der Waals surface area contributed by atoms with Crippen LogP contribution in [0.2, 0.25) is 5.15 Å². The first-order valence-corrected chi connectivity index (χ1v) is 6.37. The molecule has 0 saturated carbocycles. The van der Waals surface area contributed by atoms with E-state index in [1.165, 1.54) is 0 Å². The van der Waals surface area contributed by atoms with Crippen LogP contribution in [-0.2, 0) is 0 Å². The van der Waals surface area contributed by atoms with Crippen molar-refractivity contribution in [1.82, 2.24) is 15.2 Å². The van der Waals surface area contributed by atoms with Crippen molar-refractivity contribution in [3.63, 3.8) is 0 Å². The normalized spacial score (nSPS) is 16.9. The number of piperazine rings is 1. The molecule has 2 rings (SSSR count). The van der Waals surface area contributed by atoms with Gasteiger partial charge in [-0.2, -0.15) is 0 Å². The molecule has 1 aliphatic heterocycles. The predicted molar refractivity (Wildman–Crippen MR) is 85.7 cm³/mol. The molecular weight excluding hydrogens is 305 g/mol. The lowest BCUT2D eigenvalue weighted by Crippen LogP contribution is -2.45. The van der Waals surface area contributed by atoms with Gasteiger partial charge in [-0.05, 0) is 12.5 Å². The van der Waals surface area contributed by atoms with Crippen LogP contribution in [0.25, 0.3) is 0 Å². The quantitative estimate of drug-likeness (QED) is 0.681. The van der Waals surface area contributed by atoms with E-state index in [0.29, 0.717) is 11.2 Å². The van der Waals surface area contributed by atoms with Crippen molar-refractivity contribution >= 4 is 36.4 Å². The summed E-state index contributed by atoms with van der Waals surface area (Å²) in [4.78, 5) is 6.61. The lowest BCUT2D eigenvalue weighted by Gasteiger charge is -2.34. The summed E-state index contributed by atoms with van der Waals surface area (Å²) in [5.74, 6) is 0. The molecule has 0 unspecified atom stereocenters. The monoisotopic (exact) mass is 323 g/mol. The van der Waals surface area contributed by atoms with Gasteiger partial charge >= 0.3 is 0 Å². The Bertz CT molecular complexity index is 381. The maximum Gasteiger partial charge on any atom is 0.133 e. The highest BCUT2D eigenvalue weighted by molar-refractivity contribution is 6.30. The standard InChI is InChI=1S/C13H18ClN3.2ClH/c1-2-4-12(17-9-7-15-8-10-17)11-5-3-6-16-13(11)14;;/h2-3,5-6,12,15H,1,4,7-10H2;2*1H/t12-;;/m0../s1. The number of aromatic nitrogens is 1. The van der Waals surface area contributed by atoms with Gasteiger partial charge in [-0.25, -0.2) is 4.98 Å². The molecule has 1 saturated heterocycles. The number of pyridine rings is 1. The highest BCUT2D eigenvalue weighted by Crippen LogP contribution is 2.29. The summed E-state index contributed by atoms with van der Waals surface area (Å²) < 4.78 is 0. The summed E-state index contributed by atoms with van der Waals surface area (Å²) in [7, 11) is 0. The van der Waals surface area contributed by atoms with Crippen LogP contribution in [0.1, 0.15) is 18.0 Å². The maximum absolute atomic E-state index is 6.19. The van der Waals surface area contributed by atoms with Crippen LogP contribution in [0, 0.1) is 0 Å². The fraction of sp³-hybridized carbons (Fsp3) is 0.462. The minimum atomic E-state index is 0. The Morgan fingerprint density at radius 2 is 2.11 bits per heavy atom. The van der Waals surface area contributed by atoms with Gasteiger partial charge in [0.05, 0.1) is 0 Å². The van der Waals surface area contributed by atoms with Crippen LogP contribution in [0.3, 0.4) is 0 Å². The highest BCUT2D eigenvalue weighted by atomic mass is 35.5. The molecule has 108 valence electrons. The van der Waals surface area contributed by atoms with Gasteiger partial charge in [0.2, 0.25) is 0 Å². The Morgan fingerprint density at radius 3 is 2.68 bits per heavy atom. The van der Waals surface area contributed by atoms with E-state index >= 15 is 0 Å². The topological polar surface area (TPSA) is 28.2 Å². The summed E-state index contributed by atoms with van der Waals surface area (Å²) in [6, 6.07) is 4.31. The Balaban J connectivity index is 0.00000162. The Kier molecular flexibility index (Phi) is 9.40. The molecule has 2 heterocycles. The van der Waals surface area contributed by atoms with E-state index in [0.717, 1.165) is 38.2 Å². The van der Waals surface area contributed by atoms with Crippen LogP contribution < -0.4 is 5.32 Å². The maximum atomic E-state index is 6.19. The third-order valence-corrected chi connectivity index (χ3v) is 3.45. The van der Waals surface area contributed by atoms with Crippen molar-refractivity contribution in [2.24, 2.45) is 0 Å². The van der Waals surface area contributed by atoms with E-state index in [1.807, 2.05) is 12.1 Å². The minimum Gasteiger partial charge on any atom is -0.314 e. The number of nitrogens with zero attached hydrogens (tertiary/aromatic N) is 2. The number of hydrogen-bond acceptors (Lipinski definition) is 3. The molecule has 0 radical (unpaired) electrons. The van der Waals surface area contributed by atoms with Crippen molar-refractivity contribution in [3.8, 4) is 0 Å². The molecule has 1 aliphatic rings. The molecule has 1 N–H and O–H groups in total. The number of rotatable bonds is 4. The Hall–Kier alpha value is -0.320. The minimum absolute atomic E-state index is 0. The zero-order valence-corrected chi connectivity index (χ0v) is 13.1. The largest absolute Gasteiger partial charge is 0.314 e. The Labute approximate surface area is 132 Å². The van der Waals surface area contributed by atoms with Crippen LogP contribution >= 0.6 is 36.4 Å². The number of hydrogen-bond donors (Lipinski definition) is 1. The SMILES string of the molecule is C=CC[C@@H](c1cccnc1Cl)N1CCNCC1.Cl.Cl. The predicted octanol–water partition coefficient (Wildman–Crippen LogP) is 3.10. The van der Waals surface area contributed by atoms with Gasteiger partial charge < -0.3 is 5.32 Å². The lowest BCUT2D eigenvalue weighted by molar-refractivity contribution is 0.174. The Morgan fingerprint density at radius 1 is 1.42 bits per heavy atom. The fourth-order valence-electron chi connectivity index (χ4n) is 2.27. The third-order valence-electron chi connectivity index (χ3n) is 3.13. The first-order chi connectivity index (χ1) is 8.33. The first kappa shape index (κ1) is 18.7. The average Bonchev–Trinajstić information content (AvgIpc) is 2.38. The molecule has 1 aromatic heterocycles. The molecular formula is C13H20Cl3N3. The van der Waals surface area contributed by atoms with Gasteiger partial charge in [-0.15, -0.1) is 31.4 Å². The van der Waals surface area contributed by atoms with Crippen LogP contribution in [0.5, 0.6) is 0 Å². The van der Waals surface area contributed by atoms with E-state index in [4.69, 9.17) is 11.6 Å². The highest BCUT2D eigenvalue weighted by Gasteiger charge is 2.22. The lowest BCUT2D eigenvalue weighted by atomic mass is 10.0. The molecule has 1 aromatic rings. The summed E-state index contributed by atoms with van der Waals surface area (Å²) >= 11 is 6.19. The van der Waals surface area contributed by atoms with Gasteiger partial charge in [0.15, 0.2) is 0 Å². The zero-order valence-electron chi connectivity index (χ0n) is 10.7. The molecule has 0 spiro atoms. The van der Waals surface area contributed by atoms with E-state index in [-0.39, 0.29) is 24.8 Å². The van der Waals surface area contributed by atoms with Crippen molar-refractivity contribution in [1.29, 1.82) is 0 Å². The van der Waals surface area contributed by atoms with Gasteiger partial charge in [-0.3, -0.25) is 4.90 Å². The summed E-state index contributed by atoms with van der Waals surface area (Å²) in [5, 5.41) is 3.97. The van der Waals surface area contributed by atoms with Crippen molar-refractivity contribution in [3.05, 3.63) is 41.7 Å². The molecule has 6 heteroatoms. The average molecular weight is 325 g/mol. The number of halogens is 3. The summed E-state index contributed by atoms with van der Waals surface area (Å²) in [6.45, 7) is 8.00. The molecule has 1 fully saturated rings. The van der Waals surface area contributed by atoms with Crippen LogP contribution in [0.15, 0.2) is 31.0 Å². The van der Waals surface area contributed by atoms with E-state index in [9.17, 15) is 0 Å². The second-order valence-electron chi connectivity index (χ2n) is 4.21. The molecule has 1 atom stereocenters. The molecule has 0 aromatic carbocycles. The van der Waals surface area contributed by atoms with E-state index in [1.54, 1.807) is 6.20 Å². The van der Waals surface area contributed by atoms with Crippen LogP contribution in [-0.4, -0.2) is 36.1 Å². The third kappa shape index (κ3) is 4.93. The molecule has 3 nitrogen and oxygen atoms in total. The van der Waals surface area contributed by atoms with Crippen molar-refractivity contribution in [2.45, 2.75) is 12.5 Å². The van der Waals surface area contributed by atoms with Gasteiger partial charge in [0.25, 0.3) is 0 Å². The fourth-order valence-corrected chi connectivity index (χ4v) is 2.52. The molecule has 0 bridgehead atoms. The van der Waals surface area contributed by atoms with E-state index in [2.05, 4.69) is 27.8 Å². The molecule has 0 aliphatic carbocycles. The second kappa shape index (κ2) is 9.56.